The summed E-state index contributed by atoms with van der Waals surface area (Å²) >= 11 is 0. The number of carbonyl (C=O) groups is 1. The topological polar surface area (TPSA) is 79.6 Å². The third-order valence-corrected chi connectivity index (χ3v) is 9.29. The van der Waals surface area contributed by atoms with E-state index in [0.717, 1.165) is 61.9 Å². The molecule has 0 radical (unpaired) electrons. The summed E-state index contributed by atoms with van der Waals surface area (Å²) in [4.78, 5) is 11.9. The molecule has 180 valence electrons. The van der Waals surface area contributed by atoms with Crippen LogP contribution in [0.1, 0.15) is 74.0 Å². The molecule has 0 amide bonds. The van der Waals surface area contributed by atoms with Crippen molar-refractivity contribution in [2.24, 2.45) is 5.41 Å². The van der Waals surface area contributed by atoms with Crippen molar-refractivity contribution in [2.45, 2.75) is 83.6 Å². The van der Waals surface area contributed by atoms with Gasteiger partial charge in [-0.2, -0.15) is 4.31 Å². The van der Waals surface area contributed by atoms with Gasteiger partial charge in [-0.05, 0) is 79.7 Å². The molecule has 0 saturated carbocycles. The molecule has 2 aliphatic rings. The average Bonchev–Trinajstić information content (AvgIpc) is 2.95. The highest BCUT2D eigenvalue weighted by Gasteiger charge is 2.32. The van der Waals surface area contributed by atoms with Crippen molar-refractivity contribution >= 4 is 16.0 Å². The van der Waals surface area contributed by atoms with Gasteiger partial charge < -0.3 is 9.67 Å². The van der Waals surface area contributed by atoms with Crippen LogP contribution < -0.4 is 0 Å². The second-order valence-corrected chi connectivity index (χ2v) is 12.4. The summed E-state index contributed by atoms with van der Waals surface area (Å²) < 4.78 is 29.8. The molecule has 6 nitrogen and oxygen atoms in total. The zero-order chi connectivity index (χ0) is 23.8. The van der Waals surface area contributed by atoms with Crippen LogP contribution in [0.2, 0.25) is 0 Å². The summed E-state index contributed by atoms with van der Waals surface area (Å²) in [5.74, 6) is -0.824. The van der Waals surface area contributed by atoms with E-state index in [1.807, 2.05) is 23.6 Å². The van der Waals surface area contributed by atoms with Gasteiger partial charge in [0.05, 0.1) is 4.90 Å². The number of carboxylic acids is 1. The Morgan fingerprint density at radius 3 is 2.30 bits per heavy atom. The highest BCUT2D eigenvalue weighted by molar-refractivity contribution is 7.89. The maximum Gasteiger partial charge on any atom is 0.323 e. The summed E-state index contributed by atoms with van der Waals surface area (Å²) in [6.07, 6.45) is 7.58. The van der Waals surface area contributed by atoms with Crippen LogP contribution in [0, 0.1) is 12.3 Å². The van der Waals surface area contributed by atoms with Crippen LogP contribution in [0.15, 0.2) is 29.2 Å². The number of hydrogen-bond acceptors (Lipinski definition) is 3. The van der Waals surface area contributed by atoms with Gasteiger partial charge >= 0.3 is 5.97 Å². The Hall–Kier alpha value is -2.12. The lowest BCUT2D eigenvalue weighted by molar-refractivity contribution is -0.137. The quantitative estimate of drug-likeness (QED) is 0.669. The molecule has 0 unspecified atom stereocenters. The van der Waals surface area contributed by atoms with Crippen molar-refractivity contribution in [1.82, 2.24) is 8.87 Å². The highest BCUT2D eigenvalue weighted by atomic mass is 32.2. The SMILES string of the molecule is Cc1c(Cc2ccc(S(=O)(=O)N3CCCCCC3)cc2)c2c(n1CC(=O)O)CCC(C)(C)C2. The molecule has 0 atom stereocenters. The lowest BCUT2D eigenvalue weighted by Gasteiger charge is -2.31. The molecule has 1 saturated heterocycles. The zero-order valence-electron chi connectivity index (χ0n) is 20.1. The number of aliphatic carboxylic acids is 1. The Balaban J connectivity index is 1.62. The zero-order valence-corrected chi connectivity index (χ0v) is 20.9. The fraction of sp³-hybridized carbons (Fsp3) is 0.577. The van der Waals surface area contributed by atoms with Gasteiger partial charge in [-0.25, -0.2) is 8.42 Å². The molecule has 33 heavy (non-hydrogen) atoms. The fourth-order valence-electron chi connectivity index (χ4n) is 5.44. The fourth-order valence-corrected chi connectivity index (χ4v) is 6.95. The third-order valence-electron chi connectivity index (χ3n) is 7.37. The Kier molecular flexibility index (Phi) is 6.74. The number of aromatic nitrogens is 1. The summed E-state index contributed by atoms with van der Waals surface area (Å²) in [5, 5.41) is 9.44. The van der Waals surface area contributed by atoms with E-state index in [-0.39, 0.29) is 12.0 Å². The highest BCUT2D eigenvalue weighted by Crippen LogP contribution is 2.39. The molecule has 4 rings (SSSR count). The van der Waals surface area contributed by atoms with E-state index in [2.05, 4.69) is 13.8 Å². The standard InChI is InChI=1S/C26H36N2O4S/c1-19-22(23-17-26(2,3)13-12-24(23)28(19)18-25(29)30)16-20-8-10-21(11-9-20)33(31,32)27-14-6-4-5-7-15-27/h8-11H,4-7,12-18H2,1-3H3,(H,29,30). The van der Waals surface area contributed by atoms with E-state index in [0.29, 0.717) is 24.4 Å². The van der Waals surface area contributed by atoms with E-state index in [1.54, 1.807) is 16.4 Å². The maximum absolute atomic E-state index is 13.1. The van der Waals surface area contributed by atoms with E-state index >= 15 is 0 Å². The summed E-state index contributed by atoms with van der Waals surface area (Å²) in [6, 6.07) is 7.29. The molecule has 2 heterocycles. The van der Waals surface area contributed by atoms with Gasteiger partial charge in [-0.15, -0.1) is 0 Å². The van der Waals surface area contributed by atoms with Crippen molar-refractivity contribution < 1.29 is 18.3 Å². The van der Waals surface area contributed by atoms with Gasteiger partial charge in [-0.3, -0.25) is 4.79 Å². The van der Waals surface area contributed by atoms with Crippen LogP contribution in [0.5, 0.6) is 0 Å². The minimum atomic E-state index is -3.46. The first-order valence-corrected chi connectivity index (χ1v) is 13.5. The molecule has 1 N–H and O–H groups in total. The molecule has 1 aliphatic carbocycles. The van der Waals surface area contributed by atoms with Gasteiger partial charge in [0.2, 0.25) is 10.0 Å². The van der Waals surface area contributed by atoms with E-state index in [1.165, 1.54) is 11.1 Å². The number of sulfonamides is 1. The summed E-state index contributed by atoms with van der Waals surface area (Å²) in [6.45, 7) is 7.74. The summed E-state index contributed by atoms with van der Waals surface area (Å²) in [7, 11) is -3.46. The average molecular weight is 473 g/mol. The van der Waals surface area contributed by atoms with Gasteiger partial charge in [0.1, 0.15) is 6.54 Å². The number of rotatable bonds is 6. The van der Waals surface area contributed by atoms with E-state index < -0.39 is 16.0 Å². The predicted octanol–water partition coefficient (Wildman–Crippen LogP) is 4.55. The molecule has 1 aromatic carbocycles. The number of fused-ring (bicyclic) bond motifs is 1. The molecular weight excluding hydrogens is 436 g/mol. The molecule has 2 aromatic rings. The second-order valence-electron chi connectivity index (χ2n) is 10.4. The number of hydrogen-bond donors (Lipinski definition) is 1. The largest absolute Gasteiger partial charge is 0.480 e. The maximum atomic E-state index is 13.1. The van der Waals surface area contributed by atoms with Crippen molar-refractivity contribution in [3.8, 4) is 0 Å². The predicted molar refractivity (Wildman–Crippen MR) is 129 cm³/mol. The Morgan fingerprint density at radius 1 is 1.06 bits per heavy atom. The van der Waals surface area contributed by atoms with E-state index in [9.17, 15) is 18.3 Å². The second kappa shape index (κ2) is 9.26. The molecule has 7 heteroatoms. The number of carboxylic acid groups (broad SMARTS) is 1. The van der Waals surface area contributed by atoms with Gasteiger partial charge in [-0.1, -0.05) is 38.8 Å². The van der Waals surface area contributed by atoms with Gasteiger partial charge in [0.25, 0.3) is 0 Å². The first-order valence-electron chi connectivity index (χ1n) is 12.1. The monoisotopic (exact) mass is 472 g/mol. The van der Waals surface area contributed by atoms with Crippen LogP contribution >= 0.6 is 0 Å². The smallest absolute Gasteiger partial charge is 0.323 e. The van der Waals surface area contributed by atoms with Crippen LogP contribution in [0.25, 0.3) is 0 Å². The summed E-state index contributed by atoms with van der Waals surface area (Å²) in [5.41, 5.74) is 5.89. The molecule has 1 fully saturated rings. The van der Waals surface area contributed by atoms with Crippen molar-refractivity contribution in [3.63, 3.8) is 0 Å². The van der Waals surface area contributed by atoms with Gasteiger partial charge in [0, 0.05) is 24.5 Å². The minimum absolute atomic E-state index is 0.0123. The van der Waals surface area contributed by atoms with Crippen LogP contribution in [-0.2, 0) is 40.6 Å². The molecule has 0 bridgehead atoms. The normalized spacial score (nSPS) is 19.1. The van der Waals surface area contributed by atoms with Crippen molar-refractivity contribution in [1.29, 1.82) is 0 Å². The van der Waals surface area contributed by atoms with Crippen LogP contribution in [0.4, 0.5) is 0 Å². The number of benzene rings is 1. The third kappa shape index (κ3) is 5.04. The van der Waals surface area contributed by atoms with Crippen LogP contribution in [0.3, 0.4) is 0 Å². The van der Waals surface area contributed by atoms with Crippen molar-refractivity contribution in [2.75, 3.05) is 13.1 Å². The lowest BCUT2D eigenvalue weighted by Crippen LogP contribution is -2.31. The van der Waals surface area contributed by atoms with Crippen LogP contribution in [-0.4, -0.2) is 41.5 Å². The molecule has 1 aromatic heterocycles. The minimum Gasteiger partial charge on any atom is -0.480 e. The van der Waals surface area contributed by atoms with E-state index in [4.69, 9.17) is 0 Å². The Labute approximate surface area is 197 Å². The van der Waals surface area contributed by atoms with Crippen molar-refractivity contribution in [3.05, 3.63) is 52.3 Å². The Bertz CT molecular complexity index is 1120. The number of nitrogens with zero attached hydrogens (tertiary/aromatic N) is 2. The molecular formula is C26H36N2O4S. The first kappa shape index (κ1) is 24.0. The molecule has 1 aliphatic heterocycles. The Morgan fingerprint density at radius 2 is 1.70 bits per heavy atom. The lowest BCUT2D eigenvalue weighted by atomic mass is 9.75. The van der Waals surface area contributed by atoms with Gasteiger partial charge in [0.15, 0.2) is 0 Å². The first-order chi connectivity index (χ1) is 15.6. The molecule has 0 spiro atoms.